The first kappa shape index (κ1) is 19.5. The molecule has 0 unspecified atom stereocenters. The fraction of sp³-hybridized carbons (Fsp3) is 0.400. The van der Waals surface area contributed by atoms with Gasteiger partial charge in [0.05, 0.1) is 11.1 Å². The zero-order valence-electron chi connectivity index (χ0n) is 13.1. The summed E-state index contributed by atoms with van der Waals surface area (Å²) >= 11 is 0. The molecule has 0 radical (unpaired) electrons. The van der Waals surface area contributed by atoms with Crippen molar-refractivity contribution in [1.29, 1.82) is 0 Å². The van der Waals surface area contributed by atoms with Crippen LogP contribution in [0.1, 0.15) is 36.2 Å². The maximum Gasteiger partial charge on any atom is 0.416 e. The van der Waals surface area contributed by atoms with Crippen LogP contribution in [0, 0.1) is 0 Å². The highest BCUT2D eigenvalue weighted by molar-refractivity contribution is 5.97. The van der Waals surface area contributed by atoms with Gasteiger partial charge in [-0.15, -0.1) is 0 Å². The fourth-order valence-electron chi connectivity index (χ4n) is 1.53. The molecule has 24 heavy (non-hydrogen) atoms. The number of nitrogens with one attached hydrogen (secondary N) is 2. The lowest BCUT2D eigenvalue weighted by atomic mass is 10.1. The third-order valence-electron chi connectivity index (χ3n) is 3.03. The molecule has 2 N–H and O–H groups in total. The molecule has 0 spiro atoms. The van der Waals surface area contributed by atoms with E-state index >= 15 is 0 Å². The lowest BCUT2D eigenvalue weighted by molar-refractivity contribution is -0.137. The summed E-state index contributed by atoms with van der Waals surface area (Å²) in [7, 11) is 0. The molecule has 0 saturated carbocycles. The summed E-state index contributed by atoms with van der Waals surface area (Å²) in [4.78, 5) is 34.5. The Morgan fingerprint density at radius 3 is 2.25 bits per heavy atom. The second kappa shape index (κ2) is 8.32. The van der Waals surface area contributed by atoms with Crippen LogP contribution < -0.4 is 10.6 Å². The highest BCUT2D eigenvalue weighted by Crippen LogP contribution is 2.29. The number of carbonyl (C=O) groups is 3. The van der Waals surface area contributed by atoms with E-state index in [9.17, 15) is 27.6 Å². The lowest BCUT2D eigenvalue weighted by Gasteiger charge is -2.12. The smallest absolute Gasteiger partial charge is 0.416 e. The van der Waals surface area contributed by atoms with Crippen LogP contribution in [0.4, 0.5) is 18.0 Å². The Morgan fingerprint density at radius 2 is 1.75 bits per heavy atom. The van der Waals surface area contributed by atoms with Crippen molar-refractivity contribution < 1.29 is 32.3 Å². The summed E-state index contributed by atoms with van der Waals surface area (Å²) in [5.74, 6) is -1.82. The molecule has 0 aliphatic heterocycles. The van der Waals surface area contributed by atoms with E-state index in [0.717, 1.165) is 24.3 Å². The molecule has 132 valence electrons. The average Bonchev–Trinajstić information content (AvgIpc) is 2.51. The molecule has 1 atom stereocenters. The van der Waals surface area contributed by atoms with Crippen molar-refractivity contribution in [2.75, 3.05) is 6.61 Å². The van der Waals surface area contributed by atoms with Crippen LogP contribution in [0.5, 0.6) is 0 Å². The fourth-order valence-corrected chi connectivity index (χ4v) is 1.53. The number of urea groups is 1. The van der Waals surface area contributed by atoms with Gasteiger partial charge >= 0.3 is 18.2 Å². The minimum absolute atomic E-state index is 0.132. The number of halogens is 3. The monoisotopic (exact) mass is 346 g/mol. The molecule has 1 aromatic carbocycles. The third kappa shape index (κ3) is 6.27. The quantitative estimate of drug-likeness (QED) is 0.802. The SMILES string of the molecule is CC[C@H](C)NC(=O)NC(=O)COC(=O)c1ccc(C(F)(F)F)cc1. The Labute approximate surface area is 136 Å². The van der Waals surface area contributed by atoms with Crippen LogP contribution in [0.15, 0.2) is 24.3 Å². The van der Waals surface area contributed by atoms with Crippen molar-refractivity contribution >= 4 is 17.9 Å². The number of carbonyl (C=O) groups excluding carboxylic acids is 3. The molecular weight excluding hydrogens is 329 g/mol. The van der Waals surface area contributed by atoms with Crippen LogP contribution in [-0.2, 0) is 15.7 Å². The van der Waals surface area contributed by atoms with Crippen LogP contribution in [0.2, 0.25) is 0 Å². The summed E-state index contributed by atoms with van der Waals surface area (Å²) < 4.78 is 41.9. The average molecular weight is 346 g/mol. The molecule has 0 saturated heterocycles. The maximum absolute atomic E-state index is 12.4. The van der Waals surface area contributed by atoms with Gasteiger partial charge in [-0.2, -0.15) is 13.2 Å². The topological polar surface area (TPSA) is 84.5 Å². The Bertz CT molecular complexity index is 600. The number of hydrogen-bond acceptors (Lipinski definition) is 4. The first-order valence-electron chi connectivity index (χ1n) is 7.08. The molecular formula is C15H17F3N2O4. The molecule has 0 aliphatic rings. The second-order valence-corrected chi connectivity index (χ2v) is 4.98. The lowest BCUT2D eigenvalue weighted by Crippen LogP contribution is -2.44. The van der Waals surface area contributed by atoms with Gasteiger partial charge in [0.2, 0.25) is 0 Å². The molecule has 6 nitrogen and oxygen atoms in total. The standard InChI is InChI=1S/C15H17F3N2O4/c1-3-9(2)19-14(23)20-12(21)8-24-13(22)10-4-6-11(7-5-10)15(16,17)18/h4-7,9H,3,8H2,1-2H3,(H2,19,20,21,23)/t9-/m0/s1. The third-order valence-corrected chi connectivity index (χ3v) is 3.03. The van der Waals surface area contributed by atoms with Crippen molar-refractivity contribution in [2.24, 2.45) is 0 Å². The molecule has 0 bridgehead atoms. The Morgan fingerprint density at radius 1 is 1.17 bits per heavy atom. The Kier molecular flexibility index (Phi) is 6.75. The molecule has 3 amide bonds. The van der Waals surface area contributed by atoms with E-state index in [0.29, 0.717) is 6.42 Å². The van der Waals surface area contributed by atoms with Gasteiger partial charge in [0.1, 0.15) is 0 Å². The maximum atomic E-state index is 12.4. The van der Waals surface area contributed by atoms with Crippen molar-refractivity contribution in [3.8, 4) is 0 Å². The highest BCUT2D eigenvalue weighted by atomic mass is 19.4. The van der Waals surface area contributed by atoms with Gasteiger partial charge in [0.15, 0.2) is 6.61 Å². The number of rotatable bonds is 5. The van der Waals surface area contributed by atoms with Gasteiger partial charge < -0.3 is 10.1 Å². The van der Waals surface area contributed by atoms with Crippen LogP contribution in [0.3, 0.4) is 0 Å². The van der Waals surface area contributed by atoms with E-state index in [1.807, 2.05) is 12.2 Å². The number of alkyl halides is 3. The van der Waals surface area contributed by atoms with E-state index in [4.69, 9.17) is 0 Å². The van der Waals surface area contributed by atoms with Gasteiger partial charge in [0.25, 0.3) is 5.91 Å². The first-order chi connectivity index (χ1) is 11.1. The van der Waals surface area contributed by atoms with Crippen LogP contribution in [-0.4, -0.2) is 30.6 Å². The molecule has 0 aromatic heterocycles. The van der Waals surface area contributed by atoms with Gasteiger partial charge in [-0.05, 0) is 37.6 Å². The van der Waals surface area contributed by atoms with Crippen LogP contribution in [0.25, 0.3) is 0 Å². The largest absolute Gasteiger partial charge is 0.452 e. The highest BCUT2D eigenvalue weighted by Gasteiger charge is 2.30. The first-order valence-corrected chi connectivity index (χ1v) is 7.08. The van der Waals surface area contributed by atoms with Gasteiger partial charge in [-0.1, -0.05) is 6.92 Å². The molecule has 1 rings (SSSR count). The van der Waals surface area contributed by atoms with Crippen molar-refractivity contribution in [3.63, 3.8) is 0 Å². The number of hydrogen-bond donors (Lipinski definition) is 2. The number of esters is 1. The van der Waals surface area contributed by atoms with Crippen molar-refractivity contribution in [3.05, 3.63) is 35.4 Å². The zero-order chi connectivity index (χ0) is 18.3. The second-order valence-electron chi connectivity index (χ2n) is 4.98. The Hall–Kier alpha value is -2.58. The number of ether oxygens (including phenoxy) is 1. The minimum Gasteiger partial charge on any atom is -0.452 e. The predicted octanol–water partition coefficient (Wildman–Crippen LogP) is 2.49. The molecule has 1 aromatic rings. The summed E-state index contributed by atoms with van der Waals surface area (Å²) in [5.41, 5.74) is -1.04. The number of imide groups is 1. The predicted molar refractivity (Wildman–Crippen MR) is 78.2 cm³/mol. The van der Waals surface area contributed by atoms with Gasteiger partial charge in [0, 0.05) is 6.04 Å². The zero-order valence-corrected chi connectivity index (χ0v) is 13.1. The van der Waals surface area contributed by atoms with E-state index in [1.165, 1.54) is 0 Å². The molecule has 0 heterocycles. The number of amides is 3. The van der Waals surface area contributed by atoms with E-state index in [2.05, 4.69) is 10.1 Å². The van der Waals surface area contributed by atoms with Crippen LogP contribution >= 0.6 is 0 Å². The van der Waals surface area contributed by atoms with Gasteiger partial charge in [-0.25, -0.2) is 9.59 Å². The van der Waals surface area contributed by atoms with E-state index < -0.39 is 36.3 Å². The van der Waals surface area contributed by atoms with E-state index in [1.54, 1.807) is 6.92 Å². The van der Waals surface area contributed by atoms with Crippen molar-refractivity contribution in [1.82, 2.24) is 10.6 Å². The minimum atomic E-state index is -4.51. The molecule has 0 aliphatic carbocycles. The summed E-state index contributed by atoms with van der Waals surface area (Å²) in [6.45, 7) is 2.86. The summed E-state index contributed by atoms with van der Waals surface area (Å²) in [6.07, 6.45) is -3.84. The van der Waals surface area contributed by atoms with Crippen molar-refractivity contribution in [2.45, 2.75) is 32.5 Å². The Balaban J connectivity index is 2.48. The molecule has 0 fully saturated rings. The molecule has 9 heteroatoms. The normalized spacial score (nSPS) is 12.2. The number of benzene rings is 1. The summed E-state index contributed by atoms with van der Waals surface area (Å²) in [6, 6.07) is 2.50. The van der Waals surface area contributed by atoms with Gasteiger partial charge in [-0.3, -0.25) is 10.1 Å². The summed E-state index contributed by atoms with van der Waals surface area (Å²) in [5, 5.41) is 4.45. The van der Waals surface area contributed by atoms with E-state index in [-0.39, 0.29) is 11.6 Å².